The SMILES string of the molecule is CC/C(=C(\c1ccc(O)cc1)c1ccc(OCCCl)cc1)c1ccc2occc2c1. The van der Waals surface area contributed by atoms with E-state index in [1.54, 1.807) is 18.4 Å². The van der Waals surface area contributed by atoms with Gasteiger partial charge in [0, 0.05) is 5.39 Å². The zero-order valence-electron chi connectivity index (χ0n) is 16.8. The van der Waals surface area contributed by atoms with Gasteiger partial charge in [0.05, 0.1) is 12.1 Å². The summed E-state index contributed by atoms with van der Waals surface area (Å²) in [5.41, 5.74) is 6.51. The number of aromatic hydroxyl groups is 1. The van der Waals surface area contributed by atoms with Gasteiger partial charge in [0.25, 0.3) is 0 Å². The van der Waals surface area contributed by atoms with Crippen molar-refractivity contribution in [3.63, 3.8) is 0 Å². The third-order valence-corrected chi connectivity index (χ3v) is 5.26. The van der Waals surface area contributed by atoms with Crippen LogP contribution >= 0.6 is 11.6 Å². The third-order valence-electron chi connectivity index (χ3n) is 5.10. The Labute approximate surface area is 181 Å². The van der Waals surface area contributed by atoms with Crippen LogP contribution in [0.5, 0.6) is 11.5 Å². The van der Waals surface area contributed by atoms with Crippen LogP contribution in [0.4, 0.5) is 0 Å². The summed E-state index contributed by atoms with van der Waals surface area (Å²) in [5.74, 6) is 1.50. The molecule has 1 N–H and O–H groups in total. The van der Waals surface area contributed by atoms with Gasteiger partial charge in [-0.05, 0) is 76.7 Å². The van der Waals surface area contributed by atoms with E-state index in [1.165, 1.54) is 5.57 Å². The molecule has 4 aromatic rings. The van der Waals surface area contributed by atoms with E-state index in [1.807, 2.05) is 36.4 Å². The predicted molar refractivity (Wildman–Crippen MR) is 123 cm³/mol. The number of benzene rings is 3. The van der Waals surface area contributed by atoms with Crippen LogP contribution in [0.1, 0.15) is 30.0 Å². The second kappa shape index (κ2) is 9.10. The first kappa shape index (κ1) is 20.1. The number of halogens is 1. The topological polar surface area (TPSA) is 42.6 Å². The van der Waals surface area contributed by atoms with Gasteiger partial charge in [-0.15, -0.1) is 11.6 Å². The van der Waals surface area contributed by atoms with Gasteiger partial charge in [-0.2, -0.15) is 0 Å². The summed E-state index contributed by atoms with van der Waals surface area (Å²) in [5, 5.41) is 10.9. The minimum atomic E-state index is 0.251. The predicted octanol–water partition coefficient (Wildman–Crippen LogP) is 7.13. The number of alkyl halides is 1. The summed E-state index contributed by atoms with van der Waals surface area (Å²) in [6, 6.07) is 23.7. The fourth-order valence-electron chi connectivity index (χ4n) is 3.70. The lowest BCUT2D eigenvalue weighted by molar-refractivity contribution is 0.343. The zero-order chi connectivity index (χ0) is 20.9. The molecule has 0 radical (unpaired) electrons. The largest absolute Gasteiger partial charge is 0.508 e. The number of rotatable bonds is 7. The molecule has 0 aliphatic rings. The van der Waals surface area contributed by atoms with E-state index in [2.05, 4.69) is 31.2 Å². The summed E-state index contributed by atoms with van der Waals surface area (Å²) in [4.78, 5) is 0. The number of hydrogen-bond acceptors (Lipinski definition) is 3. The standard InChI is InChI=1S/C26H23ClO3/c1-2-24(20-7-12-25-21(17-20)13-15-30-25)26(18-3-8-22(28)9-4-18)19-5-10-23(11-6-19)29-16-14-27/h3-13,15,17,28H,2,14,16H2,1H3/b26-24-. The second-order valence-electron chi connectivity index (χ2n) is 6.99. The molecule has 1 aromatic heterocycles. The van der Waals surface area contributed by atoms with E-state index in [0.29, 0.717) is 12.5 Å². The number of phenolic OH excluding ortho intramolecular Hbond substituents is 1. The van der Waals surface area contributed by atoms with Crippen molar-refractivity contribution in [2.24, 2.45) is 0 Å². The lowest BCUT2D eigenvalue weighted by Gasteiger charge is -2.17. The van der Waals surface area contributed by atoms with Crippen molar-refractivity contribution in [1.82, 2.24) is 0 Å². The molecular weight excluding hydrogens is 396 g/mol. The van der Waals surface area contributed by atoms with E-state index >= 15 is 0 Å². The average Bonchev–Trinajstić information content (AvgIpc) is 3.25. The smallest absolute Gasteiger partial charge is 0.133 e. The maximum atomic E-state index is 9.78. The molecule has 0 amide bonds. The van der Waals surface area contributed by atoms with Gasteiger partial charge < -0.3 is 14.3 Å². The summed E-state index contributed by atoms with van der Waals surface area (Å²) in [6.45, 7) is 2.64. The molecule has 0 spiro atoms. The fraction of sp³-hybridized carbons (Fsp3) is 0.154. The van der Waals surface area contributed by atoms with Crippen LogP contribution in [0.15, 0.2) is 83.5 Å². The van der Waals surface area contributed by atoms with Crippen LogP contribution < -0.4 is 4.74 Å². The molecule has 1 heterocycles. The van der Waals surface area contributed by atoms with Gasteiger partial charge in [0.15, 0.2) is 0 Å². The van der Waals surface area contributed by atoms with Gasteiger partial charge in [-0.1, -0.05) is 37.3 Å². The summed E-state index contributed by atoms with van der Waals surface area (Å²) in [7, 11) is 0. The second-order valence-corrected chi connectivity index (χ2v) is 7.37. The molecule has 0 fully saturated rings. The number of allylic oxidation sites excluding steroid dienone is 1. The number of ether oxygens (including phenoxy) is 1. The minimum Gasteiger partial charge on any atom is -0.508 e. The van der Waals surface area contributed by atoms with Crippen LogP contribution in [0, 0.1) is 0 Å². The number of hydrogen-bond donors (Lipinski definition) is 1. The molecule has 0 saturated carbocycles. The molecule has 0 aliphatic heterocycles. The van der Waals surface area contributed by atoms with Crippen LogP contribution in [0.25, 0.3) is 22.1 Å². The first-order valence-corrected chi connectivity index (χ1v) is 10.5. The third kappa shape index (κ3) is 4.22. The van der Waals surface area contributed by atoms with E-state index in [4.69, 9.17) is 20.8 Å². The van der Waals surface area contributed by atoms with E-state index < -0.39 is 0 Å². The van der Waals surface area contributed by atoms with Crippen molar-refractivity contribution in [1.29, 1.82) is 0 Å². The van der Waals surface area contributed by atoms with Crippen molar-refractivity contribution >= 4 is 33.7 Å². The Kier molecular flexibility index (Phi) is 6.10. The Morgan fingerprint density at radius 3 is 2.23 bits per heavy atom. The molecule has 0 bridgehead atoms. The zero-order valence-corrected chi connectivity index (χ0v) is 17.5. The van der Waals surface area contributed by atoms with E-state index in [0.717, 1.165) is 45.4 Å². The van der Waals surface area contributed by atoms with Gasteiger partial charge in [0.2, 0.25) is 0 Å². The van der Waals surface area contributed by atoms with Crippen molar-refractivity contribution < 1.29 is 14.3 Å². The maximum absolute atomic E-state index is 9.78. The fourth-order valence-corrected chi connectivity index (χ4v) is 3.77. The van der Waals surface area contributed by atoms with E-state index in [-0.39, 0.29) is 5.75 Å². The Balaban J connectivity index is 1.87. The average molecular weight is 419 g/mol. The molecule has 0 aliphatic carbocycles. The maximum Gasteiger partial charge on any atom is 0.133 e. The van der Waals surface area contributed by atoms with Crippen molar-refractivity contribution in [2.75, 3.05) is 12.5 Å². The van der Waals surface area contributed by atoms with Gasteiger partial charge in [-0.3, -0.25) is 0 Å². The Morgan fingerprint density at radius 2 is 1.57 bits per heavy atom. The Bertz CT molecular complexity index is 1160. The summed E-state index contributed by atoms with van der Waals surface area (Å²) in [6.07, 6.45) is 2.56. The van der Waals surface area contributed by atoms with Crippen LogP contribution in [0.2, 0.25) is 0 Å². The van der Waals surface area contributed by atoms with Crippen LogP contribution in [0.3, 0.4) is 0 Å². The highest BCUT2D eigenvalue weighted by Crippen LogP contribution is 2.36. The molecule has 0 unspecified atom stereocenters. The van der Waals surface area contributed by atoms with Gasteiger partial charge in [-0.25, -0.2) is 0 Å². The first-order chi connectivity index (χ1) is 14.7. The highest BCUT2D eigenvalue weighted by Gasteiger charge is 2.14. The lowest BCUT2D eigenvalue weighted by Crippen LogP contribution is -1.99. The molecular formula is C26H23ClO3. The minimum absolute atomic E-state index is 0.251. The molecule has 30 heavy (non-hydrogen) atoms. The molecule has 3 nitrogen and oxygen atoms in total. The van der Waals surface area contributed by atoms with E-state index in [9.17, 15) is 5.11 Å². The van der Waals surface area contributed by atoms with Crippen molar-refractivity contribution in [3.05, 3.63) is 95.7 Å². The number of furan rings is 1. The lowest BCUT2D eigenvalue weighted by atomic mass is 9.88. The molecule has 4 rings (SSSR count). The normalized spacial score (nSPS) is 12.1. The number of phenols is 1. The molecule has 3 aromatic carbocycles. The van der Waals surface area contributed by atoms with Crippen molar-refractivity contribution in [3.8, 4) is 11.5 Å². The van der Waals surface area contributed by atoms with Gasteiger partial charge in [0.1, 0.15) is 23.7 Å². The quantitative estimate of drug-likeness (QED) is 0.256. The molecule has 0 saturated heterocycles. The first-order valence-electron chi connectivity index (χ1n) is 9.99. The highest BCUT2D eigenvalue weighted by atomic mass is 35.5. The van der Waals surface area contributed by atoms with Crippen molar-refractivity contribution in [2.45, 2.75) is 13.3 Å². The molecule has 4 heteroatoms. The monoisotopic (exact) mass is 418 g/mol. The molecule has 152 valence electrons. The summed E-state index contributed by atoms with van der Waals surface area (Å²) >= 11 is 5.73. The highest BCUT2D eigenvalue weighted by molar-refractivity contribution is 6.18. The Hall–Kier alpha value is -3.17. The van der Waals surface area contributed by atoms with Crippen LogP contribution in [-0.4, -0.2) is 17.6 Å². The molecule has 0 atom stereocenters. The van der Waals surface area contributed by atoms with Crippen LogP contribution in [-0.2, 0) is 0 Å². The number of fused-ring (bicyclic) bond motifs is 1. The van der Waals surface area contributed by atoms with Gasteiger partial charge >= 0.3 is 0 Å². The summed E-state index contributed by atoms with van der Waals surface area (Å²) < 4.78 is 11.1. The Morgan fingerprint density at radius 1 is 0.900 bits per heavy atom.